The van der Waals surface area contributed by atoms with E-state index in [0.717, 1.165) is 0 Å². The molecule has 0 amide bonds. The molecule has 0 aromatic heterocycles. The van der Waals surface area contributed by atoms with Gasteiger partial charge in [0.2, 0.25) is 0 Å². The van der Waals surface area contributed by atoms with E-state index in [9.17, 15) is 0 Å². The van der Waals surface area contributed by atoms with E-state index in [1.807, 2.05) is 0 Å². The van der Waals surface area contributed by atoms with Crippen molar-refractivity contribution in [2.24, 2.45) is 0 Å². The Morgan fingerprint density at radius 2 is 1.09 bits per heavy atom. The van der Waals surface area contributed by atoms with Crippen molar-refractivity contribution in [2.45, 2.75) is 32.1 Å². The molecule has 0 saturated heterocycles. The van der Waals surface area contributed by atoms with E-state index in [1.54, 1.807) is 0 Å². The maximum Gasteiger partial charge on any atom is 0.0352 e. The highest BCUT2D eigenvalue weighted by molar-refractivity contribution is 5.80. The van der Waals surface area contributed by atoms with Crippen LogP contribution in [0.2, 0.25) is 0 Å². The first-order valence-electron chi connectivity index (χ1n) is 8.34. The van der Waals surface area contributed by atoms with Crippen LogP contribution in [0.4, 0.5) is 0 Å². The Bertz CT molecular complexity index is 802. The highest BCUT2D eigenvalue weighted by Crippen LogP contribution is 2.47. The molecule has 0 spiro atoms. The van der Waals surface area contributed by atoms with E-state index in [1.165, 1.54) is 33.4 Å². The zero-order valence-corrected chi connectivity index (χ0v) is 14.0. The van der Waals surface area contributed by atoms with E-state index in [2.05, 4.69) is 93.6 Å². The Morgan fingerprint density at radius 3 is 1.57 bits per heavy atom. The van der Waals surface area contributed by atoms with Crippen molar-refractivity contribution >= 4 is 0 Å². The minimum absolute atomic E-state index is 0.198. The summed E-state index contributed by atoms with van der Waals surface area (Å²) in [6, 6.07) is 26.8. The van der Waals surface area contributed by atoms with E-state index < -0.39 is 0 Å². The third-order valence-electron chi connectivity index (χ3n) is 4.94. The molecule has 0 heteroatoms. The first-order valence-corrected chi connectivity index (χ1v) is 8.34. The maximum atomic E-state index is 2.31. The van der Waals surface area contributed by atoms with Crippen LogP contribution in [0.25, 0.3) is 11.1 Å². The van der Waals surface area contributed by atoms with Gasteiger partial charge in [0, 0.05) is 5.92 Å². The molecule has 0 unspecified atom stereocenters. The summed E-state index contributed by atoms with van der Waals surface area (Å²) >= 11 is 0. The smallest absolute Gasteiger partial charge is 0.0352 e. The van der Waals surface area contributed by atoms with Crippen LogP contribution < -0.4 is 0 Å². The van der Waals surface area contributed by atoms with Crippen molar-refractivity contribution in [1.29, 1.82) is 0 Å². The third kappa shape index (κ3) is 2.30. The molecule has 0 heterocycles. The van der Waals surface area contributed by atoms with Gasteiger partial charge in [0.25, 0.3) is 0 Å². The van der Waals surface area contributed by atoms with E-state index in [0.29, 0.717) is 5.92 Å². The van der Waals surface area contributed by atoms with E-state index >= 15 is 0 Å². The molecule has 0 aliphatic heterocycles. The summed E-state index contributed by atoms with van der Waals surface area (Å²) in [5.74, 6) is 0.358. The predicted octanol–water partition coefficient (Wildman–Crippen LogP) is 6.14. The summed E-state index contributed by atoms with van der Waals surface area (Å²) in [5, 5.41) is 0. The first-order chi connectivity index (χ1) is 11.1. The van der Waals surface area contributed by atoms with E-state index in [-0.39, 0.29) is 5.41 Å². The normalized spacial score (nSPS) is 13.7. The Balaban J connectivity index is 1.86. The topological polar surface area (TPSA) is 0 Å². The Morgan fingerprint density at radius 1 is 0.609 bits per heavy atom. The van der Waals surface area contributed by atoms with Crippen molar-refractivity contribution in [1.82, 2.24) is 0 Å². The number of benzene rings is 3. The molecule has 0 N–H and O–H groups in total. The van der Waals surface area contributed by atoms with Gasteiger partial charge in [-0.25, -0.2) is 0 Å². The highest BCUT2D eigenvalue weighted by atomic mass is 14.3. The molecule has 0 radical (unpaired) electrons. The Labute approximate surface area is 138 Å². The maximum absolute atomic E-state index is 2.31. The van der Waals surface area contributed by atoms with Crippen LogP contribution in [-0.4, -0.2) is 0 Å². The van der Waals surface area contributed by atoms with Crippen LogP contribution in [0.1, 0.15) is 48.9 Å². The SMILES string of the molecule is CC(C)(C)c1ccc(C2c3ccccc3-c3ccccc32)cc1. The van der Waals surface area contributed by atoms with Gasteiger partial charge in [0.15, 0.2) is 0 Å². The minimum atomic E-state index is 0.198. The van der Waals surface area contributed by atoms with Crippen molar-refractivity contribution < 1.29 is 0 Å². The average Bonchev–Trinajstić information content (AvgIpc) is 2.89. The molecule has 114 valence electrons. The number of fused-ring (bicyclic) bond motifs is 3. The van der Waals surface area contributed by atoms with Crippen LogP contribution >= 0.6 is 0 Å². The van der Waals surface area contributed by atoms with Crippen LogP contribution in [0.5, 0.6) is 0 Å². The van der Waals surface area contributed by atoms with Crippen molar-refractivity contribution in [2.75, 3.05) is 0 Å². The summed E-state index contributed by atoms with van der Waals surface area (Å²) in [6.45, 7) is 6.80. The standard InChI is InChI=1S/C23H22/c1-23(2,3)17-14-12-16(13-15-17)22-20-10-6-4-8-18(20)19-9-5-7-11-21(19)22/h4-15,22H,1-3H3. The molecule has 1 aliphatic rings. The number of hydrogen-bond donors (Lipinski definition) is 0. The second kappa shape index (κ2) is 5.09. The van der Waals surface area contributed by atoms with Crippen LogP contribution in [0.3, 0.4) is 0 Å². The van der Waals surface area contributed by atoms with Gasteiger partial charge < -0.3 is 0 Å². The van der Waals surface area contributed by atoms with Crippen molar-refractivity contribution in [3.63, 3.8) is 0 Å². The summed E-state index contributed by atoms with van der Waals surface area (Å²) in [4.78, 5) is 0. The molecule has 4 rings (SSSR count). The fourth-order valence-electron chi connectivity index (χ4n) is 3.69. The molecular weight excluding hydrogens is 276 g/mol. The van der Waals surface area contributed by atoms with Crippen LogP contribution in [0.15, 0.2) is 72.8 Å². The molecule has 3 aromatic carbocycles. The quantitative estimate of drug-likeness (QED) is 0.395. The number of rotatable bonds is 1. The molecule has 0 atom stereocenters. The van der Waals surface area contributed by atoms with Gasteiger partial charge in [-0.05, 0) is 38.8 Å². The molecule has 0 saturated carbocycles. The first kappa shape index (κ1) is 14.3. The monoisotopic (exact) mass is 298 g/mol. The number of hydrogen-bond acceptors (Lipinski definition) is 0. The van der Waals surface area contributed by atoms with Crippen LogP contribution in [0, 0.1) is 0 Å². The molecular formula is C23H22. The van der Waals surface area contributed by atoms with Gasteiger partial charge in [0.05, 0.1) is 0 Å². The van der Waals surface area contributed by atoms with Gasteiger partial charge in [-0.1, -0.05) is 93.6 Å². The lowest BCUT2D eigenvalue weighted by atomic mass is 9.84. The van der Waals surface area contributed by atoms with Crippen molar-refractivity contribution in [3.05, 3.63) is 95.1 Å². The molecule has 0 bridgehead atoms. The van der Waals surface area contributed by atoms with Crippen LogP contribution in [-0.2, 0) is 5.41 Å². The highest BCUT2D eigenvalue weighted by Gasteiger charge is 2.29. The predicted molar refractivity (Wildman–Crippen MR) is 98.0 cm³/mol. The van der Waals surface area contributed by atoms with E-state index in [4.69, 9.17) is 0 Å². The van der Waals surface area contributed by atoms with Gasteiger partial charge in [0.1, 0.15) is 0 Å². The van der Waals surface area contributed by atoms with Gasteiger partial charge in [-0.3, -0.25) is 0 Å². The summed E-state index contributed by atoms with van der Waals surface area (Å²) in [5.41, 5.74) is 8.59. The second-order valence-electron chi connectivity index (χ2n) is 7.48. The average molecular weight is 298 g/mol. The lowest BCUT2D eigenvalue weighted by molar-refractivity contribution is 0.590. The van der Waals surface area contributed by atoms with Gasteiger partial charge in [-0.15, -0.1) is 0 Å². The summed E-state index contributed by atoms with van der Waals surface area (Å²) < 4.78 is 0. The largest absolute Gasteiger partial charge is 0.0619 e. The lowest BCUT2D eigenvalue weighted by Gasteiger charge is -2.21. The van der Waals surface area contributed by atoms with Gasteiger partial charge >= 0.3 is 0 Å². The molecule has 3 aromatic rings. The minimum Gasteiger partial charge on any atom is -0.0619 e. The zero-order chi connectivity index (χ0) is 16.0. The summed E-state index contributed by atoms with van der Waals surface area (Å²) in [7, 11) is 0. The Kier molecular flexibility index (Phi) is 3.16. The Hall–Kier alpha value is -2.34. The molecule has 23 heavy (non-hydrogen) atoms. The zero-order valence-electron chi connectivity index (χ0n) is 14.0. The fourth-order valence-corrected chi connectivity index (χ4v) is 3.69. The fraction of sp³-hybridized carbons (Fsp3) is 0.217. The third-order valence-corrected chi connectivity index (χ3v) is 4.94. The molecule has 0 fully saturated rings. The second-order valence-corrected chi connectivity index (χ2v) is 7.48. The lowest BCUT2D eigenvalue weighted by Crippen LogP contribution is -2.11. The van der Waals surface area contributed by atoms with Crippen molar-refractivity contribution in [3.8, 4) is 11.1 Å². The summed E-state index contributed by atoms with van der Waals surface area (Å²) in [6.07, 6.45) is 0. The van der Waals surface area contributed by atoms with Gasteiger partial charge in [-0.2, -0.15) is 0 Å². The molecule has 0 nitrogen and oxygen atoms in total. The molecule has 1 aliphatic carbocycles.